The first-order valence-electron chi connectivity index (χ1n) is 6.16. The van der Waals surface area contributed by atoms with Crippen LogP contribution in [0.25, 0.3) is 25.6 Å². The number of nitrogens with zero attached hydrogens (tertiary/aromatic N) is 2. The Morgan fingerprint density at radius 2 is 1.95 bits per heavy atom. The van der Waals surface area contributed by atoms with Crippen LogP contribution in [-0.4, -0.2) is 9.38 Å². The van der Waals surface area contributed by atoms with Crippen LogP contribution in [0.3, 0.4) is 0 Å². The lowest BCUT2D eigenvalue weighted by Crippen LogP contribution is -1.81. The smallest absolute Gasteiger partial charge is 0.194 e. The standard InChI is InChI=1S/C15H12N2S2/c1-9-10(2)18-15-16-12(8-17(9)15)14-7-11-5-3-4-6-13(11)19-14/h3-8H,1-2H3. The van der Waals surface area contributed by atoms with Crippen molar-refractivity contribution in [2.24, 2.45) is 0 Å². The van der Waals surface area contributed by atoms with E-state index in [1.165, 1.54) is 25.5 Å². The fourth-order valence-corrected chi connectivity index (χ4v) is 4.25. The first kappa shape index (κ1) is 11.2. The fourth-order valence-electron chi connectivity index (χ4n) is 2.28. The van der Waals surface area contributed by atoms with E-state index in [0.717, 1.165) is 10.7 Å². The molecule has 2 nitrogen and oxygen atoms in total. The van der Waals surface area contributed by atoms with Crippen molar-refractivity contribution in [3.8, 4) is 10.6 Å². The maximum atomic E-state index is 4.75. The predicted molar refractivity (Wildman–Crippen MR) is 83.4 cm³/mol. The molecule has 0 bridgehead atoms. The average molecular weight is 284 g/mol. The van der Waals surface area contributed by atoms with Gasteiger partial charge in [0.1, 0.15) is 5.69 Å². The topological polar surface area (TPSA) is 17.3 Å². The Balaban J connectivity index is 1.93. The molecular formula is C15H12N2S2. The summed E-state index contributed by atoms with van der Waals surface area (Å²) in [6.07, 6.45) is 2.15. The molecule has 0 spiro atoms. The number of imidazole rings is 1. The number of rotatable bonds is 1. The van der Waals surface area contributed by atoms with Gasteiger partial charge in [-0.25, -0.2) is 4.98 Å². The number of benzene rings is 1. The van der Waals surface area contributed by atoms with Crippen LogP contribution in [0.1, 0.15) is 10.6 Å². The molecule has 1 aromatic carbocycles. The molecule has 4 heteroatoms. The fraction of sp³-hybridized carbons (Fsp3) is 0.133. The quantitative estimate of drug-likeness (QED) is 0.486. The van der Waals surface area contributed by atoms with E-state index in [4.69, 9.17) is 4.98 Å². The molecule has 0 atom stereocenters. The summed E-state index contributed by atoms with van der Waals surface area (Å²) < 4.78 is 3.52. The molecule has 0 radical (unpaired) electrons. The molecule has 4 rings (SSSR count). The molecule has 0 unspecified atom stereocenters. The highest BCUT2D eigenvalue weighted by Crippen LogP contribution is 2.34. The highest BCUT2D eigenvalue weighted by atomic mass is 32.1. The van der Waals surface area contributed by atoms with E-state index in [2.05, 4.69) is 54.8 Å². The van der Waals surface area contributed by atoms with Gasteiger partial charge in [-0.05, 0) is 31.4 Å². The summed E-state index contributed by atoms with van der Waals surface area (Å²) in [7, 11) is 0. The van der Waals surface area contributed by atoms with Crippen molar-refractivity contribution in [2.75, 3.05) is 0 Å². The summed E-state index contributed by atoms with van der Waals surface area (Å²) in [6.45, 7) is 4.29. The molecule has 0 N–H and O–H groups in total. The van der Waals surface area contributed by atoms with Gasteiger partial charge in [-0.3, -0.25) is 4.40 Å². The van der Waals surface area contributed by atoms with Crippen LogP contribution in [0, 0.1) is 13.8 Å². The van der Waals surface area contributed by atoms with Gasteiger partial charge in [0.2, 0.25) is 0 Å². The van der Waals surface area contributed by atoms with Crippen LogP contribution in [0.15, 0.2) is 36.5 Å². The molecule has 0 fully saturated rings. The Bertz CT molecular complexity index is 862. The lowest BCUT2D eigenvalue weighted by atomic mass is 10.2. The first-order chi connectivity index (χ1) is 9.22. The van der Waals surface area contributed by atoms with E-state index in [1.807, 2.05) is 11.3 Å². The van der Waals surface area contributed by atoms with Crippen LogP contribution in [-0.2, 0) is 0 Å². The van der Waals surface area contributed by atoms with Gasteiger partial charge in [-0.1, -0.05) is 18.2 Å². The number of hydrogen-bond acceptors (Lipinski definition) is 3. The number of aryl methyl sites for hydroxylation is 2. The third-order valence-corrected chi connectivity index (χ3v) is 5.68. The van der Waals surface area contributed by atoms with Crippen molar-refractivity contribution in [3.05, 3.63) is 47.1 Å². The maximum Gasteiger partial charge on any atom is 0.194 e. The van der Waals surface area contributed by atoms with Crippen molar-refractivity contribution >= 4 is 37.7 Å². The van der Waals surface area contributed by atoms with Gasteiger partial charge in [-0.2, -0.15) is 0 Å². The number of thiazole rings is 1. The zero-order valence-electron chi connectivity index (χ0n) is 10.7. The molecule has 0 amide bonds. The predicted octanol–water partition coefficient (Wildman–Crippen LogP) is 4.89. The van der Waals surface area contributed by atoms with E-state index in [1.54, 1.807) is 11.3 Å². The van der Waals surface area contributed by atoms with E-state index in [9.17, 15) is 0 Å². The summed E-state index contributed by atoms with van der Waals surface area (Å²) in [5.41, 5.74) is 2.37. The van der Waals surface area contributed by atoms with Crippen molar-refractivity contribution < 1.29 is 0 Å². The van der Waals surface area contributed by atoms with Gasteiger partial charge in [0.05, 0.1) is 4.88 Å². The normalized spacial score (nSPS) is 11.7. The number of hydrogen-bond donors (Lipinski definition) is 0. The number of aromatic nitrogens is 2. The Hall–Kier alpha value is -1.65. The molecule has 94 valence electrons. The molecule has 3 aromatic heterocycles. The molecule has 0 saturated carbocycles. The van der Waals surface area contributed by atoms with E-state index >= 15 is 0 Å². The average Bonchev–Trinajstić information content (AvgIpc) is 3.05. The Kier molecular flexibility index (Phi) is 2.31. The summed E-state index contributed by atoms with van der Waals surface area (Å²) in [4.78, 5) is 8.42. The highest BCUT2D eigenvalue weighted by molar-refractivity contribution is 7.22. The van der Waals surface area contributed by atoms with Crippen LogP contribution in [0.2, 0.25) is 0 Å². The van der Waals surface area contributed by atoms with Crippen molar-refractivity contribution in [1.82, 2.24) is 9.38 Å². The molecule has 0 aliphatic heterocycles. The van der Waals surface area contributed by atoms with Crippen molar-refractivity contribution in [3.63, 3.8) is 0 Å². The Morgan fingerprint density at radius 1 is 1.11 bits per heavy atom. The van der Waals surface area contributed by atoms with Crippen molar-refractivity contribution in [1.29, 1.82) is 0 Å². The second kappa shape index (κ2) is 3.92. The monoisotopic (exact) mass is 284 g/mol. The van der Waals surface area contributed by atoms with E-state index in [0.29, 0.717) is 0 Å². The first-order valence-corrected chi connectivity index (χ1v) is 7.80. The van der Waals surface area contributed by atoms with E-state index < -0.39 is 0 Å². The van der Waals surface area contributed by atoms with Gasteiger partial charge in [0.25, 0.3) is 0 Å². The van der Waals surface area contributed by atoms with Crippen LogP contribution in [0.5, 0.6) is 0 Å². The number of fused-ring (bicyclic) bond motifs is 2. The van der Waals surface area contributed by atoms with Crippen LogP contribution >= 0.6 is 22.7 Å². The van der Waals surface area contributed by atoms with E-state index in [-0.39, 0.29) is 0 Å². The lowest BCUT2D eigenvalue weighted by molar-refractivity contribution is 1.11. The zero-order chi connectivity index (χ0) is 13.0. The summed E-state index contributed by atoms with van der Waals surface area (Å²) >= 11 is 3.57. The Morgan fingerprint density at radius 3 is 2.74 bits per heavy atom. The second-order valence-corrected chi connectivity index (χ2v) is 6.94. The van der Waals surface area contributed by atoms with Gasteiger partial charge in [0.15, 0.2) is 4.96 Å². The minimum Gasteiger partial charge on any atom is -0.294 e. The molecule has 19 heavy (non-hydrogen) atoms. The maximum absolute atomic E-state index is 4.75. The molecule has 0 aliphatic carbocycles. The molecule has 0 aliphatic rings. The number of thiophene rings is 1. The van der Waals surface area contributed by atoms with Crippen molar-refractivity contribution in [2.45, 2.75) is 13.8 Å². The summed E-state index contributed by atoms with van der Waals surface area (Å²) in [6, 6.07) is 10.7. The highest BCUT2D eigenvalue weighted by Gasteiger charge is 2.12. The SMILES string of the molecule is Cc1sc2nc(-c3cc4ccccc4s3)cn2c1C. The zero-order valence-corrected chi connectivity index (χ0v) is 12.3. The van der Waals surface area contributed by atoms with Gasteiger partial charge in [0, 0.05) is 21.5 Å². The molecule has 3 heterocycles. The Labute approximate surface area is 119 Å². The largest absolute Gasteiger partial charge is 0.294 e. The molecular weight excluding hydrogens is 272 g/mol. The summed E-state index contributed by atoms with van der Waals surface area (Å²) in [5, 5.41) is 1.30. The minimum absolute atomic E-state index is 1.08. The third-order valence-electron chi connectivity index (χ3n) is 3.47. The second-order valence-electron chi connectivity index (χ2n) is 4.67. The van der Waals surface area contributed by atoms with Gasteiger partial charge < -0.3 is 0 Å². The van der Waals surface area contributed by atoms with Gasteiger partial charge >= 0.3 is 0 Å². The third kappa shape index (κ3) is 1.64. The van der Waals surface area contributed by atoms with Crippen LogP contribution < -0.4 is 0 Å². The minimum atomic E-state index is 1.08. The summed E-state index contributed by atoms with van der Waals surface area (Å²) in [5.74, 6) is 0. The van der Waals surface area contributed by atoms with Gasteiger partial charge in [-0.15, -0.1) is 22.7 Å². The lowest BCUT2D eigenvalue weighted by Gasteiger charge is -1.90. The van der Waals surface area contributed by atoms with Crippen LogP contribution in [0.4, 0.5) is 0 Å². The molecule has 4 aromatic rings. The molecule has 0 saturated heterocycles.